The highest BCUT2D eigenvalue weighted by molar-refractivity contribution is 8.00. The molecule has 7 rings (SSSR count). The maximum Gasteiger partial charge on any atom is 0.305 e. The van der Waals surface area contributed by atoms with E-state index in [1.54, 1.807) is 47.4 Å². The molecule has 0 unspecified atom stereocenters. The van der Waals surface area contributed by atoms with Gasteiger partial charge in [-0.3, -0.25) is 19.3 Å². The average Bonchev–Trinajstić information content (AvgIpc) is 3.57. The van der Waals surface area contributed by atoms with E-state index in [0.29, 0.717) is 10.7 Å². The molecule has 3 aromatic rings. The van der Waals surface area contributed by atoms with Crippen molar-refractivity contribution in [1.82, 2.24) is 4.98 Å². The van der Waals surface area contributed by atoms with E-state index in [1.165, 1.54) is 21.1 Å². The smallest absolute Gasteiger partial charge is 0.305 e. The number of halogens is 1. The van der Waals surface area contributed by atoms with E-state index in [4.69, 9.17) is 11.6 Å². The van der Waals surface area contributed by atoms with Gasteiger partial charge in [-0.05, 0) is 59.9 Å². The van der Waals surface area contributed by atoms with E-state index >= 15 is 0 Å². The molecule has 2 aliphatic heterocycles. The molecule has 4 aliphatic rings. The molecule has 3 fully saturated rings. The third-order valence-corrected chi connectivity index (χ3v) is 11.5. The number of rotatable bonds is 2. The quantitative estimate of drug-likeness (QED) is 0.512. The summed E-state index contributed by atoms with van der Waals surface area (Å²) in [5, 5.41) is 3.83. The Kier molecular flexibility index (Phi) is 4.18. The molecule has 7 atom stereocenters. The van der Waals surface area contributed by atoms with Gasteiger partial charge in [0.25, 0.3) is 0 Å². The predicted molar refractivity (Wildman–Crippen MR) is 127 cm³/mol. The lowest BCUT2D eigenvalue weighted by Gasteiger charge is -2.42. The zero-order valence-corrected chi connectivity index (χ0v) is 19.8. The molecule has 4 heterocycles. The fourth-order valence-corrected chi connectivity index (χ4v) is 10.6. The maximum absolute atomic E-state index is 13.6. The number of thiophene rings is 1. The van der Waals surface area contributed by atoms with Crippen molar-refractivity contribution >= 4 is 63.5 Å². The fourth-order valence-electron chi connectivity index (χ4n) is 6.65. The summed E-state index contributed by atoms with van der Waals surface area (Å²) in [7, 11) is 0. The van der Waals surface area contributed by atoms with E-state index in [2.05, 4.69) is 16.4 Å². The number of aromatic nitrogens is 1. The van der Waals surface area contributed by atoms with Gasteiger partial charge in [-0.25, -0.2) is 0 Å². The molecule has 2 amide bonds. The summed E-state index contributed by atoms with van der Waals surface area (Å²) in [6, 6.07) is 11.1. The molecule has 2 saturated carbocycles. The first-order chi connectivity index (χ1) is 15.5. The van der Waals surface area contributed by atoms with Crippen LogP contribution in [0.5, 0.6) is 0 Å². The van der Waals surface area contributed by atoms with Crippen molar-refractivity contribution in [3.8, 4) is 0 Å². The SMILES string of the molecule is O=C1[C@H]2[C@H]3C[C@@H]([C@@H]2C(=O)N1c1ccc(Cl)cc1)[C@H]1[C@H](c2cccs2)c2sc(=O)[nH]c2S[C@H]31. The second-order valence-corrected chi connectivity index (χ2v) is 12.6. The molecule has 0 spiro atoms. The lowest BCUT2D eigenvalue weighted by Crippen LogP contribution is -2.42. The first kappa shape index (κ1) is 19.6. The Morgan fingerprint density at radius 3 is 2.47 bits per heavy atom. The van der Waals surface area contributed by atoms with E-state index in [1.807, 2.05) is 6.07 Å². The Hall–Kier alpha value is -1.87. The number of amides is 2. The lowest BCUT2D eigenvalue weighted by molar-refractivity contribution is -0.123. The number of aromatic amines is 1. The summed E-state index contributed by atoms with van der Waals surface area (Å²) in [5.74, 6) is -0.0317. The average molecular weight is 501 g/mol. The number of imide groups is 1. The molecule has 2 aromatic heterocycles. The first-order valence-electron chi connectivity index (χ1n) is 10.6. The fraction of sp³-hybridized carbons (Fsp3) is 0.348. The molecular formula is C23H17ClN2O3S3. The number of thiazole rings is 1. The van der Waals surface area contributed by atoms with Gasteiger partial charge in [0.05, 0.1) is 22.5 Å². The van der Waals surface area contributed by atoms with Gasteiger partial charge in [-0.1, -0.05) is 29.0 Å². The number of carbonyl (C=O) groups is 2. The van der Waals surface area contributed by atoms with E-state index in [9.17, 15) is 14.4 Å². The third kappa shape index (κ3) is 2.49. The van der Waals surface area contributed by atoms with Crippen molar-refractivity contribution < 1.29 is 9.59 Å². The summed E-state index contributed by atoms with van der Waals surface area (Å²) in [4.78, 5) is 46.1. The van der Waals surface area contributed by atoms with Gasteiger partial charge in [0, 0.05) is 25.9 Å². The molecular weight excluding hydrogens is 484 g/mol. The molecule has 9 heteroatoms. The highest BCUT2D eigenvalue weighted by Crippen LogP contribution is 2.68. The van der Waals surface area contributed by atoms with E-state index < -0.39 is 0 Å². The Labute approximate surface area is 200 Å². The summed E-state index contributed by atoms with van der Waals surface area (Å²) < 4.78 is 0. The minimum Gasteiger partial charge on any atom is -0.307 e. The Morgan fingerprint density at radius 2 is 1.75 bits per heavy atom. The summed E-state index contributed by atoms with van der Waals surface area (Å²) in [5.41, 5.74) is 0.604. The largest absolute Gasteiger partial charge is 0.307 e. The second-order valence-electron chi connectivity index (χ2n) is 8.96. The van der Waals surface area contributed by atoms with Crippen LogP contribution >= 0.6 is 46.0 Å². The highest BCUT2D eigenvalue weighted by Gasteiger charge is 2.69. The van der Waals surface area contributed by atoms with Crippen LogP contribution in [0.1, 0.15) is 22.1 Å². The van der Waals surface area contributed by atoms with Crippen molar-refractivity contribution in [2.24, 2.45) is 29.6 Å². The number of H-pyrrole nitrogens is 1. The first-order valence-corrected chi connectivity index (χ1v) is 13.5. The third-order valence-electron chi connectivity index (χ3n) is 7.66. The Balaban J connectivity index is 1.32. The van der Waals surface area contributed by atoms with Crippen molar-refractivity contribution in [2.45, 2.75) is 22.6 Å². The number of carbonyl (C=O) groups excluding carboxylic acids is 2. The zero-order chi connectivity index (χ0) is 21.7. The summed E-state index contributed by atoms with van der Waals surface area (Å²) in [6.07, 6.45) is 0.907. The van der Waals surface area contributed by atoms with E-state index in [0.717, 1.165) is 16.3 Å². The minimum absolute atomic E-state index is 0.0300. The van der Waals surface area contributed by atoms with Crippen LogP contribution in [-0.2, 0) is 9.59 Å². The number of fused-ring (bicyclic) bond motifs is 9. The molecule has 5 nitrogen and oxygen atoms in total. The van der Waals surface area contributed by atoms with Crippen LogP contribution in [0, 0.1) is 29.6 Å². The molecule has 2 bridgehead atoms. The van der Waals surface area contributed by atoms with Crippen molar-refractivity contribution in [2.75, 3.05) is 4.90 Å². The number of benzene rings is 1. The monoisotopic (exact) mass is 500 g/mol. The number of nitrogens with zero attached hydrogens (tertiary/aromatic N) is 1. The van der Waals surface area contributed by atoms with Gasteiger partial charge >= 0.3 is 4.87 Å². The van der Waals surface area contributed by atoms with Crippen LogP contribution in [0.15, 0.2) is 51.6 Å². The lowest BCUT2D eigenvalue weighted by atomic mass is 9.69. The molecule has 1 N–H and O–H groups in total. The van der Waals surface area contributed by atoms with Crippen LogP contribution in [0.2, 0.25) is 5.02 Å². The molecule has 1 aromatic carbocycles. The van der Waals surface area contributed by atoms with Crippen molar-refractivity contribution in [3.63, 3.8) is 0 Å². The standard InChI is InChI=1S/C23H17ClN2O3S3/c24-9-3-5-10(6-4-9)26-21(27)15-11-8-12(16(15)22(26)28)18-14(11)17(13-2-1-7-30-13)19-20(31-18)25-23(29)32-19/h1-7,11-12,14-18H,8H2,(H,25,29)/t11-,12-,14+,15+,16+,17+,18-/m1/s1. The van der Waals surface area contributed by atoms with Crippen LogP contribution in [0.25, 0.3) is 0 Å². The van der Waals surface area contributed by atoms with E-state index in [-0.39, 0.29) is 57.4 Å². The number of anilines is 1. The number of nitrogens with one attached hydrogen (secondary N) is 1. The van der Waals surface area contributed by atoms with Crippen LogP contribution in [0.4, 0.5) is 5.69 Å². The van der Waals surface area contributed by atoms with Gasteiger partial charge in [-0.2, -0.15) is 0 Å². The number of thioether (sulfide) groups is 1. The Morgan fingerprint density at radius 1 is 1.00 bits per heavy atom. The summed E-state index contributed by atoms with van der Waals surface area (Å²) in [6.45, 7) is 0. The topological polar surface area (TPSA) is 70.2 Å². The van der Waals surface area contributed by atoms with Crippen LogP contribution in [-0.4, -0.2) is 22.0 Å². The molecule has 0 radical (unpaired) electrons. The highest BCUT2D eigenvalue weighted by atomic mass is 35.5. The zero-order valence-electron chi connectivity index (χ0n) is 16.6. The second kappa shape index (κ2) is 6.82. The van der Waals surface area contributed by atoms with Crippen LogP contribution < -0.4 is 9.77 Å². The predicted octanol–water partition coefficient (Wildman–Crippen LogP) is 4.83. The molecule has 32 heavy (non-hydrogen) atoms. The Bertz CT molecular complexity index is 1310. The molecule has 2 aliphatic carbocycles. The molecule has 1 saturated heterocycles. The van der Waals surface area contributed by atoms with Crippen molar-refractivity contribution in [3.05, 3.63) is 66.2 Å². The van der Waals surface area contributed by atoms with Gasteiger partial charge in [-0.15, -0.1) is 23.1 Å². The number of hydrogen-bond acceptors (Lipinski definition) is 6. The minimum atomic E-state index is -0.273. The van der Waals surface area contributed by atoms with Crippen LogP contribution in [0.3, 0.4) is 0 Å². The van der Waals surface area contributed by atoms with Gasteiger partial charge in [0.15, 0.2) is 0 Å². The van der Waals surface area contributed by atoms with Crippen molar-refractivity contribution in [1.29, 1.82) is 0 Å². The number of hydrogen-bond donors (Lipinski definition) is 1. The van der Waals surface area contributed by atoms with Gasteiger partial charge in [0.2, 0.25) is 11.8 Å². The molecule has 162 valence electrons. The van der Waals surface area contributed by atoms with Gasteiger partial charge in [0.1, 0.15) is 0 Å². The maximum atomic E-state index is 13.6. The normalized spacial score (nSPS) is 34.7. The van der Waals surface area contributed by atoms with Gasteiger partial charge < -0.3 is 4.98 Å². The summed E-state index contributed by atoms with van der Waals surface area (Å²) >= 11 is 10.8.